The van der Waals surface area contributed by atoms with Crippen molar-refractivity contribution in [3.05, 3.63) is 65.0 Å². The highest BCUT2D eigenvalue weighted by Gasteiger charge is 2.41. The van der Waals surface area contributed by atoms with Crippen molar-refractivity contribution in [2.24, 2.45) is 5.41 Å². The van der Waals surface area contributed by atoms with Crippen molar-refractivity contribution in [1.29, 1.82) is 0 Å². The summed E-state index contributed by atoms with van der Waals surface area (Å²) in [7, 11) is 0. The van der Waals surface area contributed by atoms with Crippen LogP contribution in [0.15, 0.2) is 42.5 Å². The Morgan fingerprint density at radius 3 is 2.52 bits per heavy atom. The highest BCUT2D eigenvalue weighted by molar-refractivity contribution is 5.70. The van der Waals surface area contributed by atoms with Gasteiger partial charge in [0.25, 0.3) is 0 Å². The van der Waals surface area contributed by atoms with E-state index in [0.717, 1.165) is 62.0 Å². The molecule has 33 heavy (non-hydrogen) atoms. The summed E-state index contributed by atoms with van der Waals surface area (Å²) in [4.78, 5) is 17.6. The SMILES string of the molecule is C#CCOc1ccc2c(c1)C(c1ccc(F)cc1)N(C(=O)OCC13CCN(CC1)CC3)CC2. The lowest BCUT2D eigenvalue weighted by Crippen LogP contribution is -2.51. The molecule has 0 aliphatic carbocycles. The molecule has 2 bridgehead atoms. The first-order valence-corrected chi connectivity index (χ1v) is 11.7. The Hall–Kier alpha value is -3.04. The molecule has 2 aromatic carbocycles. The molecule has 0 aromatic heterocycles. The van der Waals surface area contributed by atoms with E-state index in [2.05, 4.69) is 10.8 Å². The van der Waals surface area contributed by atoms with Gasteiger partial charge in [-0.1, -0.05) is 24.1 Å². The molecule has 5 nitrogen and oxygen atoms in total. The van der Waals surface area contributed by atoms with Crippen LogP contribution in [0, 0.1) is 23.6 Å². The predicted octanol–water partition coefficient (Wildman–Crippen LogP) is 4.41. The van der Waals surface area contributed by atoms with E-state index in [-0.39, 0.29) is 30.0 Å². The van der Waals surface area contributed by atoms with Gasteiger partial charge in [0.2, 0.25) is 0 Å². The van der Waals surface area contributed by atoms with E-state index in [4.69, 9.17) is 15.9 Å². The number of carbonyl (C=O) groups is 1. The number of rotatable bonds is 5. The van der Waals surface area contributed by atoms with Gasteiger partial charge in [-0.25, -0.2) is 9.18 Å². The maximum atomic E-state index is 13.7. The molecule has 6 heteroatoms. The van der Waals surface area contributed by atoms with Crippen LogP contribution in [0.5, 0.6) is 5.75 Å². The maximum absolute atomic E-state index is 13.7. The van der Waals surface area contributed by atoms with Gasteiger partial charge in [-0.2, -0.15) is 0 Å². The molecule has 4 aliphatic heterocycles. The van der Waals surface area contributed by atoms with Crippen molar-refractivity contribution in [2.45, 2.75) is 31.7 Å². The molecule has 1 atom stereocenters. The molecule has 3 fully saturated rings. The van der Waals surface area contributed by atoms with Gasteiger partial charge in [0, 0.05) is 12.0 Å². The molecule has 0 spiro atoms. The standard InChI is InChI=1S/C27H29FN2O3/c1-2-17-32-23-8-5-20-9-13-30(25(24(20)18-23)21-3-6-22(28)7-4-21)26(31)33-19-27-10-14-29(15-11-27)16-12-27/h1,3-8,18,25H,9-17,19H2. The van der Waals surface area contributed by atoms with E-state index < -0.39 is 0 Å². The first-order valence-electron chi connectivity index (χ1n) is 11.7. The van der Waals surface area contributed by atoms with Crippen molar-refractivity contribution < 1.29 is 18.7 Å². The van der Waals surface area contributed by atoms with Crippen LogP contribution in [0.2, 0.25) is 0 Å². The molecule has 4 aliphatic rings. The fourth-order valence-electron chi connectivity index (χ4n) is 5.42. The number of halogens is 1. The monoisotopic (exact) mass is 448 g/mol. The summed E-state index contributed by atoms with van der Waals surface area (Å²) in [6.45, 7) is 4.45. The predicted molar refractivity (Wildman–Crippen MR) is 123 cm³/mol. The first kappa shape index (κ1) is 21.8. The molecule has 6 rings (SSSR count). The Labute approximate surface area is 194 Å². The van der Waals surface area contributed by atoms with Gasteiger partial charge >= 0.3 is 6.09 Å². The van der Waals surface area contributed by atoms with Crippen molar-refractivity contribution in [3.8, 4) is 18.1 Å². The summed E-state index contributed by atoms with van der Waals surface area (Å²) in [6, 6.07) is 11.8. The number of carbonyl (C=O) groups excluding carboxylic acids is 1. The number of hydrogen-bond acceptors (Lipinski definition) is 4. The molecule has 3 saturated heterocycles. The minimum atomic E-state index is -0.373. The van der Waals surface area contributed by atoms with Gasteiger partial charge in [-0.3, -0.25) is 4.90 Å². The molecule has 1 unspecified atom stereocenters. The van der Waals surface area contributed by atoms with Crippen LogP contribution in [0.25, 0.3) is 0 Å². The summed E-state index contributed by atoms with van der Waals surface area (Å²) in [6.07, 6.45) is 9.00. The fourth-order valence-corrected chi connectivity index (χ4v) is 5.42. The molecule has 0 N–H and O–H groups in total. The average molecular weight is 449 g/mol. The lowest BCUT2D eigenvalue weighted by molar-refractivity contribution is -0.0300. The Morgan fingerprint density at radius 2 is 1.82 bits per heavy atom. The van der Waals surface area contributed by atoms with E-state index in [1.165, 1.54) is 12.1 Å². The summed E-state index contributed by atoms with van der Waals surface area (Å²) < 4.78 is 25.3. The van der Waals surface area contributed by atoms with Crippen molar-refractivity contribution >= 4 is 6.09 Å². The number of amides is 1. The number of ether oxygens (including phenoxy) is 2. The smallest absolute Gasteiger partial charge is 0.410 e. The largest absolute Gasteiger partial charge is 0.481 e. The zero-order chi connectivity index (χ0) is 22.8. The van der Waals surface area contributed by atoms with Crippen LogP contribution in [0.1, 0.15) is 42.0 Å². The second-order valence-electron chi connectivity index (χ2n) is 9.40. The van der Waals surface area contributed by atoms with E-state index in [1.807, 2.05) is 18.2 Å². The number of hydrogen-bond donors (Lipinski definition) is 0. The lowest BCUT2D eigenvalue weighted by Gasteiger charge is -2.48. The topological polar surface area (TPSA) is 42.0 Å². The molecule has 172 valence electrons. The number of piperidine rings is 3. The Morgan fingerprint density at radius 1 is 1.09 bits per heavy atom. The van der Waals surface area contributed by atoms with Crippen molar-refractivity contribution in [2.75, 3.05) is 39.4 Å². The van der Waals surface area contributed by atoms with Gasteiger partial charge in [0.15, 0.2) is 0 Å². The molecule has 4 heterocycles. The molecule has 1 amide bonds. The third kappa shape index (κ3) is 4.43. The molecule has 0 saturated carbocycles. The second kappa shape index (κ2) is 9.07. The van der Waals surface area contributed by atoms with E-state index in [1.54, 1.807) is 17.0 Å². The van der Waals surface area contributed by atoms with Gasteiger partial charge in [0.1, 0.15) is 18.2 Å². The highest BCUT2D eigenvalue weighted by atomic mass is 19.1. The van der Waals surface area contributed by atoms with Crippen molar-refractivity contribution in [3.63, 3.8) is 0 Å². The van der Waals surface area contributed by atoms with Gasteiger partial charge in [-0.15, -0.1) is 6.42 Å². The summed E-state index contributed by atoms with van der Waals surface area (Å²) in [5.41, 5.74) is 3.05. The van der Waals surface area contributed by atoms with Crippen LogP contribution in [0.3, 0.4) is 0 Å². The normalized spacial score (nSPS) is 25.8. The summed E-state index contributed by atoms with van der Waals surface area (Å²) >= 11 is 0. The second-order valence-corrected chi connectivity index (χ2v) is 9.40. The zero-order valence-electron chi connectivity index (χ0n) is 18.8. The van der Waals surface area contributed by atoms with Crippen molar-refractivity contribution in [1.82, 2.24) is 9.80 Å². The fraction of sp³-hybridized carbons (Fsp3) is 0.444. The molecule has 2 aromatic rings. The van der Waals surface area contributed by atoms with E-state index in [0.29, 0.717) is 18.9 Å². The third-order valence-corrected chi connectivity index (χ3v) is 7.46. The van der Waals surface area contributed by atoms with Crippen LogP contribution in [0.4, 0.5) is 9.18 Å². The van der Waals surface area contributed by atoms with Gasteiger partial charge < -0.3 is 14.4 Å². The van der Waals surface area contributed by atoms with Crippen LogP contribution in [-0.4, -0.2) is 55.3 Å². The average Bonchev–Trinajstić information content (AvgIpc) is 2.87. The third-order valence-electron chi connectivity index (χ3n) is 7.46. The quantitative estimate of drug-likeness (QED) is 0.636. The highest BCUT2D eigenvalue weighted by Crippen LogP contribution is 2.41. The Bertz CT molecular complexity index is 1040. The number of fused-ring (bicyclic) bond motifs is 4. The minimum Gasteiger partial charge on any atom is -0.481 e. The lowest BCUT2D eigenvalue weighted by atomic mass is 9.73. The van der Waals surface area contributed by atoms with Gasteiger partial charge in [0.05, 0.1) is 12.6 Å². The zero-order valence-corrected chi connectivity index (χ0v) is 18.8. The minimum absolute atomic E-state index is 0.111. The Balaban J connectivity index is 1.41. The first-order chi connectivity index (χ1) is 16.1. The number of nitrogens with zero attached hydrogens (tertiary/aromatic N) is 2. The van der Waals surface area contributed by atoms with E-state index >= 15 is 0 Å². The maximum Gasteiger partial charge on any atom is 0.410 e. The molecular formula is C27H29FN2O3. The summed E-state index contributed by atoms with van der Waals surface area (Å²) in [5.74, 6) is 2.83. The van der Waals surface area contributed by atoms with Gasteiger partial charge in [-0.05, 0) is 86.3 Å². The molecule has 0 radical (unpaired) electrons. The summed E-state index contributed by atoms with van der Waals surface area (Å²) in [5, 5.41) is 0. The Kier molecular flexibility index (Phi) is 5.99. The van der Waals surface area contributed by atoms with Crippen LogP contribution >= 0.6 is 0 Å². The van der Waals surface area contributed by atoms with E-state index in [9.17, 15) is 9.18 Å². The number of benzene rings is 2. The molecular weight excluding hydrogens is 419 g/mol. The number of terminal acetylenes is 1. The van der Waals surface area contributed by atoms with Crippen LogP contribution < -0.4 is 4.74 Å². The van der Waals surface area contributed by atoms with Crippen LogP contribution in [-0.2, 0) is 11.2 Å².